The number of fused-ring (bicyclic) bond motifs is 1. The first-order valence-corrected chi connectivity index (χ1v) is 12.4. The van der Waals surface area contributed by atoms with Gasteiger partial charge in [0.1, 0.15) is 5.75 Å². The van der Waals surface area contributed by atoms with Crippen molar-refractivity contribution in [3.8, 4) is 11.5 Å². The molecule has 3 aromatic rings. The second-order valence-corrected chi connectivity index (χ2v) is 9.34. The molecule has 1 aliphatic rings. The van der Waals surface area contributed by atoms with Gasteiger partial charge in [-0.15, -0.1) is 0 Å². The van der Waals surface area contributed by atoms with E-state index in [2.05, 4.69) is 24.4 Å². The predicted molar refractivity (Wildman–Crippen MR) is 138 cm³/mol. The molecule has 1 heterocycles. The molecule has 0 fully saturated rings. The lowest BCUT2D eigenvalue weighted by Gasteiger charge is -2.33. The molecular weight excluding hydrogens is 457 g/mol. The summed E-state index contributed by atoms with van der Waals surface area (Å²) in [7, 11) is 2.89. The van der Waals surface area contributed by atoms with Gasteiger partial charge in [0.15, 0.2) is 11.6 Å². The van der Waals surface area contributed by atoms with Crippen molar-refractivity contribution in [2.45, 2.75) is 51.2 Å². The number of benzene rings is 3. The van der Waals surface area contributed by atoms with E-state index in [0.29, 0.717) is 5.56 Å². The maximum Gasteiger partial charge on any atom is 0.338 e. The maximum atomic E-state index is 13.7. The van der Waals surface area contributed by atoms with Crippen LogP contribution < -0.4 is 14.8 Å². The van der Waals surface area contributed by atoms with Crippen LogP contribution in [0.25, 0.3) is 0 Å². The Hall–Kier alpha value is -3.38. The van der Waals surface area contributed by atoms with Crippen LogP contribution in [-0.2, 0) is 4.74 Å². The Kier molecular flexibility index (Phi) is 8.26. The third-order valence-electron chi connectivity index (χ3n) is 6.98. The second kappa shape index (κ2) is 11.6. The zero-order chi connectivity index (χ0) is 25.7. The first-order valence-electron chi connectivity index (χ1n) is 12.4. The van der Waals surface area contributed by atoms with Gasteiger partial charge in [-0.05, 0) is 80.6 Å². The molecule has 3 unspecified atom stereocenters. The molecule has 4 rings (SSSR count). The van der Waals surface area contributed by atoms with Crippen LogP contribution in [0.3, 0.4) is 0 Å². The molecule has 3 atom stereocenters. The number of hydrogen-bond acceptors (Lipinski definition) is 5. The maximum absolute atomic E-state index is 13.7. The van der Waals surface area contributed by atoms with Gasteiger partial charge in [0, 0.05) is 17.5 Å². The van der Waals surface area contributed by atoms with Gasteiger partial charge in [-0.25, -0.2) is 9.18 Å². The zero-order valence-electron chi connectivity index (χ0n) is 21.3. The Labute approximate surface area is 212 Å². The fourth-order valence-electron chi connectivity index (χ4n) is 4.88. The fraction of sp³-hybridized carbons (Fsp3) is 0.367. The molecule has 190 valence electrons. The summed E-state index contributed by atoms with van der Waals surface area (Å²) in [6.45, 7) is 4.79. The highest BCUT2D eigenvalue weighted by atomic mass is 19.1. The van der Waals surface area contributed by atoms with Gasteiger partial charge < -0.3 is 19.5 Å². The number of rotatable bonds is 9. The smallest absolute Gasteiger partial charge is 0.338 e. The van der Waals surface area contributed by atoms with Crippen LogP contribution in [0.5, 0.6) is 11.5 Å². The summed E-state index contributed by atoms with van der Waals surface area (Å²) in [6, 6.07) is 19.2. The highest BCUT2D eigenvalue weighted by Crippen LogP contribution is 2.41. The van der Waals surface area contributed by atoms with Crippen LogP contribution in [0, 0.1) is 12.7 Å². The molecule has 0 saturated heterocycles. The Bertz CT molecular complexity index is 1210. The number of carbonyl (C=O) groups is 1. The molecule has 1 N–H and O–H groups in total. The number of nitrogens with one attached hydrogen (secondary N) is 1. The van der Waals surface area contributed by atoms with Crippen molar-refractivity contribution in [1.29, 1.82) is 0 Å². The van der Waals surface area contributed by atoms with Gasteiger partial charge in [-0.2, -0.15) is 0 Å². The van der Waals surface area contributed by atoms with Gasteiger partial charge >= 0.3 is 5.97 Å². The summed E-state index contributed by atoms with van der Waals surface area (Å²) in [4.78, 5) is 12.3. The first-order chi connectivity index (χ1) is 17.4. The minimum atomic E-state index is -0.356. The van der Waals surface area contributed by atoms with Crippen LogP contribution >= 0.6 is 0 Å². The molecule has 0 radical (unpaired) electrons. The van der Waals surface area contributed by atoms with Gasteiger partial charge in [0.05, 0.1) is 25.9 Å². The number of carbonyl (C=O) groups excluding carboxylic acids is 1. The average molecular weight is 492 g/mol. The molecule has 0 amide bonds. The molecular formula is C30H34FNO4. The third-order valence-corrected chi connectivity index (χ3v) is 6.98. The van der Waals surface area contributed by atoms with Crippen molar-refractivity contribution in [2.24, 2.45) is 0 Å². The lowest BCUT2D eigenvalue weighted by atomic mass is 9.82. The molecule has 1 aliphatic heterocycles. The number of ether oxygens (including phenoxy) is 3. The monoisotopic (exact) mass is 491 g/mol. The minimum Gasteiger partial charge on any atom is -0.494 e. The van der Waals surface area contributed by atoms with Gasteiger partial charge in [0.25, 0.3) is 0 Å². The van der Waals surface area contributed by atoms with E-state index in [4.69, 9.17) is 14.2 Å². The molecule has 6 heteroatoms. The standard InChI is InChI=1S/C30H34FNO4/c1-19-11-12-22(16-25(19)30(33)35-4)26-18-23(36-28-10-6-5-9-24(26)28)8-7-15-32-20(2)21-13-14-27(31)29(17-21)34-3/h5-6,9-14,16-17,20,23,26,32H,7-8,15,18H2,1-4H3. The van der Waals surface area contributed by atoms with Gasteiger partial charge in [-0.3, -0.25) is 0 Å². The van der Waals surface area contributed by atoms with Crippen LogP contribution in [0.15, 0.2) is 60.7 Å². The quantitative estimate of drug-likeness (QED) is 0.279. The predicted octanol–water partition coefficient (Wildman–Crippen LogP) is 6.34. The van der Waals surface area contributed by atoms with Crippen LogP contribution in [-0.4, -0.2) is 32.8 Å². The zero-order valence-corrected chi connectivity index (χ0v) is 21.3. The number of hydrogen-bond donors (Lipinski definition) is 1. The van der Waals surface area contributed by atoms with Crippen LogP contribution in [0.2, 0.25) is 0 Å². The Morgan fingerprint density at radius 2 is 1.94 bits per heavy atom. The number of para-hydroxylation sites is 1. The molecule has 0 saturated carbocycles. The highest BCUT2D eigenvalue weighted by molar-refractivity contribution is 5.91. The minimum absolute atomic E-state index is 0.0656. The average Bonchev–Trinajstić information content (AvgIpc) is 2.90. The normalized spacial score (nSPS) is 17.6. The van der Waals surface area contributed by atoms with Crippen LogP contribution in [0.1, 0.15) is 70.8 Å². The second-order valence-electron chi connectivity index (χ2n) is 9.34. The molecule has 5 nitrogen and oxygen atoms in total. The molecule has 3 aromatic carbocycles. The van der Waals surface area contributed by atoms with Gasteiger partial charge in [-0.1, -0.05) is 36.4 Å². The Morgan fingerprint density at radius 3 is 2.72 bits per heavy atom. The molecule has 0 aliphatic carbocycles. The fourth-order valence-corrected chi connectivity index (χ4v) is 4.88. The number of methoxy groups -OCH3 is 2. The summed E-state index contributed by atoms with van der Waals surface area (Å²) in [5.41, 5.74) is 4.73. The van der Waals surface area contributed by atoms with E-state index < -0.39 is 0 Å². The summed E-state index contributed by atoms with van der Waals surface area (Å²) in [5.74, 6) is 0.629. The van der Waals surface area contributed by atoms with E-state index in [1.807, 2.05) is 37.3 Å². The van der Waals surface area contributed by atoms with Crippen molar-refractivity contribution in [1.82, 2.24) is 5.32 Å². The summed E-state index contributed by atoms with van der Waals surface area (Å²) in [6.07, 6.45) is 2.73. The summed E-state index contributed by atoms with van der Waals surface area (Å²) >= 11 is 0. The summed E-state index contributed by atoms with van der Waals surface area (Å²) < 4.78 is 30.2. The van der Waals surface area contributed by atoms with Crippen LogP contribution in [0.4, 0.5) is 4.39 Å². The first kappa shape index (κ1) is 25.7. The molecule has 0 spiro atoms. The van der Waals surface area contributed by atoms with E-state index >= 15 is 0 Å². The van der Waals surface area contributed by atoms with E-state index in [1.165, 1.54) is 20.3 Å². The largest absolute Gasteiger partial charge is 0.494 e. The van der Waals surface area contributed by atoms with Crippen molar-refractivity contribution in [2.75, 3.05) is 20.8 Å². The lowest BCUT2D eigenvalue weighted by Crippen LogP contribution is -2.28. The lowest BCUT2D eigenvalue weighted by molar-refractivity contribution is 0.0599. The highest BCUT2D eigenvalue weighted by Gasteiger charge is 2.29. The number of aryl methyl sites for hydroxylation is 1. The SMILES string of the molecule is COC(=O)c1cc(C2CC(CCCNC(C)c3ccc(F)c(OC)c3)Oc3ccccc32)ccc1C. The number of halogens is 1. The van der Waals surface area contributed by atoms with Crippen molar-refractivity contribution >= 4 is 5.97 Å². The van der Waals surface area contributed by atoms with E-state index in [-0.39, 0.29) is 35.6 Å². The van der Waals surface area contributed by atoms with Crippen molar-refractivity contribution in [3.63, 3.8) is 0 Å². The van der Waals surface area contributed by atoms with E-state index in [0.717, 1.165) is 53.8 Å². The van der Waals surface area contributed by atoms with E-state index in [9.17, 15) is 9.18 Å². The Morgan fingerprint density at radius 1 is 1.14 bits per heavy atom. The topological polar surface area (TPSA) is 56.8 Å². The third kappa shape index (κ3) is 5.71. The van der Waals surface area contributed by atoms with Crippen molar-refractivity contribution in [3.05, 3.63) is 94.3 Å². The molecule has 36 heavy (non-hydrogen) atoms. The Balaban J connectivity index is 1.42. The number of esters is 1. The molecule has 0 aromatic heterocycles. The van der Waals surface area contributed by atoms with E-state index in [1.54, 1.807) is 12.1 Å². The summed E-state index contributed by atoms with van der Waals surface area (Å²) in [5, 5.41) is 3.52. The molecule has 0 bridgehead atoms. The van der Waals surface area contributed by atoms with Gasteiger partial charge in [0.2, 0.25) is 0 Å². The van der Waals surface area contributed by atoms with Crippen molar-refractivity contribution < 1.29 is 23.4 Å².